The van der Waals surface area contributed by atoms with Gasteiger partial charge in [-0.2, -0.15) is 13.2 Å². The fourth-order valence-electron chi connectivity index (χ4n) is 3.89. The highest BCUT2D eigenvalue weighted by Gasteiger charge is 2.38. The first-order chi connectivity index (χ1) is 16.7. The molecule has 0 saturated carbocycles. The number of unbranched alkanes of at least 4 members (excludes halogenated alkanes) is 8. The fourth-order valence-corrected chi connectivity index (χ4v) is 3.89. The Bertz CT molecular complexity index is 756. The molecule has 0 aliphatic rings. The summed E-state index contributed by atoms with van der Waals surface area (Å²) in [6.07, 6.45) is 5.17. The number of nitro groups is 1. The van der Waals surface area contributed by atoms with Gasteiger partial charge in [-0.1, -0.05) is 58.8 Å². The van der Waals surface area contributed by atoms with E-state index in [0.717, 1.165) is 89.6 Å². The zero-order chi connectivity index (χ0) is 26.1. The largest absolute Gasteiger partial charge is 0.423 e. The number of carbonyl (C=O) groups is 1. The number of rotatable bonds is 19. The molecule has 0 aromatic heterocycles. The number of hydrogen-bond donors (Lipinski definition) is 2. The maximum atomic E-state index is 13.0. The molecule has 0 aliphatic carbocycles. The average Bonchev–Trinajstić information content (AvgIpc) is 2.81. The Kier molecular flexibility index (Phi) is 15.0. The van der Waals surface area contributed by atoms with E-state index in [0.29, 0.717) is 19.5 Å². The van der Waals surface area contributed by atoms with Gasteiger partial charge in [0.15, 0.2) is 0 Å². The molecule has 35 heavy (non-hydrogen) atoms. The third kappa shape index (κ3) is 13.3. The van der Waals surface area contributed by atoms with Crippen molar-refractivity contribution in [1.82, 2.24) is 10.2 Å². The van der Waals surface area contributed by atoms with Crippen molar-refractivity contribution in [2.75, 3.05) is 38.0 Å². The molecule has 10 heteroatoms. The SMILES string of the molecule is CCN(CC)CCNC(=O)CCCCCCCCCCCNc1ccc([N+](=O)[O-])c(C(F)(F)F)c1. The lowest BCUT2D eigenvalue weighted by Gasteiger charge is -2.17. The van der Waals surface area contributed by atoms with Crippen LogP contribution in [0.1, 0.15) is 83.6 Å². The minimum Gasteiger partial charge on any atom is -0.385 e. The third-order valence-electron chi connectivity index (χ3n) is 6.05. The molecular weight excluding hydrogens is 461 g/mol. The van der Waals surface area contributed by atoms with Crippen LogP contribution in [0.3, 0.4) is 0 Å². The van der Waals surface area contributed by atoms with Gasteiger partial charge in [-0.15, -0.1) is 0 Å². The van der Waals surface area contributed by atoms with Crippen molar-refractivity contribution in [3.63, 3.8) is 0 Å². The van der Waals surface area contributed by atoms with Crippen molar-refractivity contribution in [3.05, 3.63) is 33.9 Å². The van der Waals surface area contributed by atoms with E-state index in [1.54, 1.807) is 0 Å². The summed E-state index contributed by atoms with van der Waals surface area (Å²) in [5.74, 6) is 0.133. The molecule has 0 heterocycles. The third-order valence-corrected chi connectivity index (χ3v) is 6.05. The van der Waals surface area contributed by atoms with Gasteiger partial charge in [-0.3, -0.25) is 14.9 Å². The molecule has 0 bridgehead atoms. The average molecular weight is 503 g/mol. The number of nitrogens with zero attached hydrogens (tertiary/aromatic N) is 2. The van der Waals surface area contributed by atoms with Crippen LogP contribution >= 0.6 is 0 Å². The highest BCUT2D eigenvalue weighted by atomic mass is 19.4. The summed E-state index contributed by atoms with van der Waals surface area (Å²) in [5, 5.41) is 16.7. The number of nitro benzene ring substituents is 1. The predicted molar refractivity (Wildman–Crippen MR) is 134 cm³/mol. The lowest BCUT2D eigenvalue weighted by atomic mass is 10.1. The van der Waals surface area contributed by atoms with Crippen LogP contribution in [0.5, 0.6) is 0 Å². The second-order valence-electron chi connectivity index (χ2n) is 8.72. The minimum absolute atomic E-state index is 0.133. The van der Waals surface area contributed by atoms with Gasteiger partial charge in [0.1, 0.15) is 5.56 Å². The molecular formula is C25H41F3N4O3. The van der Waals surface area contributed by atoms with Gasteiger partial charge < -0.3 is 15.5 Å². The number of likely N-dealkylation sites (N-methyl/N-ethyl adjacent to an activating group) is 1. The van der Waals surface area contributed by atoms with E-state index in [1.165, 1.54) is 6.07 Å². The smallest absolute Gasteiger partial charge is 0.385 e. The summed E-state index contributed by atoms with van der Waals surface area (Å²) in [7, 11) is 0. The van der Waals surface area contributed by atoms with Gasteiger partial charge in [0.25, 0.3) is 5.69 Å². The maximum Gasteiger partial charge on any atom is 0.423 e. The van der Waals surface area contributed by atoms with Crippen LogP contribution in [0.15, 0.2) is 18.2 Å². The normalized spacial score (nSPS) is 11.6. The molecule has 0 aliphatic heterocycles. The first-order valence-electron chi connectivity index (χ1n) is 12.8. The molecule has 7 nitrogen and oxygen atoms in total. The number of halogens is 3. The number of amides is 1. The van der Waals surface area contributed by atoms with Crippen molar-refractivity contribution < 1.29 is 22.9 Å². The van der Waals surface area contributed by atoms with Crippen LogP contribution in [-0.4, -0.2) is 48.5 Å². The molecule has 0 spiro atoms. The first-order valence-corrected chi connectivity index (χ1v) is 12.8. The van der Waals surface area contributed by atoms with E-state index in [-0.39, 0.29) is 11.6 Å². The van der Waals surface area contributed by atoms with E-state index in [4.69, 9.17) is 0 Å². The number of anilines is 1. The maximum absolute atomic E-state index is 13.0. The van der Waals surface area contributed by atoms with Crippen molar-refractivity contribution >= 4 is 17.3 Å². The molecule has 1 amide bonds. The molecule has 1 rings (SSSR count). The summed E-state index contributed by atoms with van der Waals surface area (Å²) in [4.78, 5) is 23.9. The van der Waals surface area contributed by atoms with Crippen LogP contribution in [0, 0.1) is 10.1 Å². The van der Waals surface area contributed by atoms with Crippen molar-refractivity contribution in [2.24, 2.45) is 0 Å². The van der Waals surface area contributed by atoms with Crippen molar-refractivity contribution in [2.45, 2.75) is 84.2 Å². The Labute approximate surface area is 207 Å². The highest BCUT2D eigenvalue weighted by molar-refractivity contribution is 5.75. The van der Waals surface area contributed by atoms with Gasteiger partial charge in [0.2, 0.25) is 5.91 Å². The lowest BCUT2D eigenvalue weighted by Crippen LogP contribution is -2.34. The molecule has 0 unspecified atom stereocenters. The number of alkyl halides is 3. The standard InChI is InChI=1S/C25H41F3N4O3/c1-3-31(4-2)19-18-30-24(33)14-12-10-8-6-5-7-9-11-13-17-29-21-15-16-23(32(34)35)22(20-21)25(26,27)28/h15-16,20,29H,3-14,17-19H2,1-2H3,(H,30,33). The van der Waals surface area contributed by atoms with E-state index in [9.17, 15) is 28.1 Å². The van der Waals surface area contributed by atoms with E-state index >= 15 is 0 Å². The minimum atomic E-state index is -4.77. The summed E-state index contributed by atoms with van der Waals surface area (Å²) in [5.41, 5.74) is -1.93. The Morgan fingerprint density at radius 3 is 2.06 bits per heavy atom. The van der Waals surface area contributed by atoms with Crippen LogP contribution in [-0.2, 0) is 11.0 Å². The van der Waals surface area contributed by atoms with Gasteiger partial charge in [0.05, 0.1) is 4.92 Å². The predicted octanol–water partition coefficient (Wildman–Crippen LogP) is 6.38. The number of nitrogens with one attached hydrogen (secondary N) is 2. The summed E-state index contributed by atoms with van der Waals surface area (Å²) >= 11 is 0. The van der Waals surface area contributed by atoms with Crippen molar-refractivity contribution in [3.8, 4) is 0 Å². The zero-order valence-electron chi connectivity index (χ0n) is 21.1. The Morgan fingerprint density at radius 2 is 1.51 bits per heavy atom. The molecule has 200 valence electrons. The van der Waals surface area contributed by atoms with Crippen LogP contribution < -0.4 is 10.6 Å². The summed E-state index contributed by atoms with van der Waals surface area (Å²) in [6, 6.07) is 3.00. The van der Waals surface area contributed by atoms with Crippen LogP contribution in [0.25, 0.3) is 0 Å². The van der Waals surface area contributed by atoms with Gasteiger partial charge in [-0.25, -0.2) is 0 Å². The molecule has 0 radical (unpaired) electrons. The first kappa shape index (κ1) is 30.7. The number of carbonyl (C=O) groups excluding carboxylic acids is 1. The van der Waals surface area contributed by atoms with Crippen LogP contribution in [0.2, 0.25) is 0 Å². The highest BCUT2D eigenvalue weighted by Crippen LogP contribution is 2.37. The monoisotopic (exact) mass is 502 g/mol. The number of hydrogen-bond acceptors (Lipinski definition) is 5. The topological polar surface area (TPSA) is 87.5 Å². The molecule has 0 atom stereocenters. The van der Waals surface area contributed by atoms with Crippen molar-refractivity contribution in [1.29, 1.82) is 0 Å². The number of benzene rings is 1. The van der Waals surface area contributed by atoms with Crippen LogP contribution in [0.4, 0.5) is 24.5 Å². The zero-order valence-corrected chi connectivity index (χ0v) is 21.1. The molecule has 1 aromatic rings. The van der Waals surface area contributed by atoms with Gasteiger partial charge >= 0.3 is 6.18 Å². The molecule has 2 N–H and O–H groups in total. The summed E-state index contributed by atoms with van der Waals surface area (Å²) < 4.78 is 39.1. The molecule has 0 saturated heterocycles. The van der Waals surface area contributed by atoms with E-state index < -0.39 is 22.4 Å². The van der Waals surface area contributed by atoms with E-state index in [1.807, 2.05) is 0 Å². The summed E-state index contributed by atoms with van der Waals surface area (Å²) in [6.45, 7) is 8.35. The fraction of sp³-hybridized carbons (Fsp3) is 0.720. The Morgan fingerprint density at radius 1 is 0.943 bits per heavy atom. The lowest BCUT2D eigenvalue weighted by molar-refractivity contribution is -0.388. The second kappa shape index (κ2) is 17.1. The van der Waals surface area contributed by atoms with Gasteiger partial charge in [-0.05, 0) is 38.1 Å². The van der Waals surface area contributed by atoms with E-state index in [2.05, 4.69) is 29.4 Å². The van der Waals surface area contributed by atoms with Gasteiger partial charge in [0, 0.05) is 37.8 Å². The quantitative estimate of drug-likeness (QED) is 0.130. The Hall–Kier alpha value is -2.36. The molecule has 0 fully saturated rings. The molecule has 1 aromatic carbocycles. The Balaban J connectivity index is 2.03. The second-order valence-corrected chi connectivity index (χ2v) is 8.72.